The first-order valence-electron chi connectivity index (χ1n) is 12.3. The number of nitrogens with one attached hydrogen (secondary N) is 2. The number of rotatable bonds is 0. The van der Waals surface area contributed by atoms with Crippen molar-refractivity contribution in [2.24, 2.45) is 24.1 Å². The first kappa shape index (κ1) is 26.0. The molecule has 13 nitrogen and oxygen atoms in total. The lowest BCUT2D eigenvalue weighted by Gasteiger charge is -2.29. The molecule has 0 amide bonds. The summed E-state index contributed by atoms with van der Waals surface area (Å²) in [4.78, 5) is 22.6. The molecule has 202 valence electrons. The number of fused-ring (bicyclic) bond motifs is 2. The third-order valence-electron chi connectivity index (χ3n) is 6.45. The van der Waals surface area contributed by atoms with Gasteiger partial charge in [-0.05, 0) is 23.2 Å². The third kappa shape index (κ3) is 5.65. The molecule has 2 aromatic heterocycles. The van der Waals surface area contributed by atoms with Gasteiger partial charge in [0.1, 0.15) is 24.7 Å². The Kier molecular flexibility index (Phi) is 8.35. The normalized spacial score (nSPS) is 20.0. The van der Waals surface area contributed by atoms with Crippen LogP contribution in [0.15, 0.2) is 9.98 Å². The number of aromatic nitrogens is 4. The largest absolute Gasteiger partial charge is 0.378 e. The SMILES string of the molecule is Cn1c(Cl)nc2c1C(N1CCOCCOCCN(C3=NCNc4nc(Cl)n(C)c43)CCOCC1)=NCN2. The van der Waals surface area contributed by atoms with Crippen molar-refractivity contribution in [3.63, 3.8) is 0 Å². The van der Waals surface area contributed by atoms with Gasteiger partial charge in [0.15, 0.2) is 23.3 Å². The van der Waals surface area contributed by atoms with Gasteiger partial charge in [-0.15, -0.1) is 0 Å². The van der Waals surface area contributed by atoms with Gasteiger partial charge < -0.3 is 43.8 Å². The van der Waals surface area contributed by atoms with Crippen LogP contribution in [-0.4, -0.2) is 120 Å². The summed E-state index contributed by atoms with van der Waals surface area (Å²) in [6, 6.07) is 0. The molecule has 0 aliphatic carbocycles. The Morgan fingerprint density at radius 3 is 1.41 bits per heavy atom. The Morgan fingerprint density at radius 1 is 0.622 bits per heavy atom. The number of aliphatic imine (C=N–C) groups is 2. The van der Waals surface area contributed by atoms with Crippen molar-refractivity contribution in [3.8, 4) is 0 Å². The van der Waals surface area contributed by atoms with Gasteiger partial charge in [0.05, 0.1) is 39.6 Å². The molecule has 2 aromatic rings. The predicted octanol–water partition coefficient (Wildman–Crippen LogP) is 1.09. The van der Waals surface area contributed by atoms with E-state index in [4.69, 9.17) is 47.4 Å². The fourth-order valence-electron chi connectivity index (χ4n) is 4.50. The first-order valence-corrected chi connectivity index (χ1v) is 13.0. The van der Waals surface area contributed by atoms with E-state index in [0.29, 0.717) is 89.7 Å². The lowest BCUT2D eigenvalue weighted by Crippen LogP contribution is -2.41. The van der Waals surface area contributed by atoms with E-state index < -0.39 is 0 Å². The van der Waals surface area contributed by atoms with Crippen LogP contribution in [0.2, 0.25) is 10.6 Å². The third-order valence-corrected chi connectivity index (χ3v) is 7.12. The Morgan fingerprint density at radius 2 is 1.00 bits per heavy atom. The quantitative estimate of drug-likeness (QED) is 0.493. The van der Waals surface area contributed by atoms with Crippen molar-refractivity contribution in [2.75, 3.05) is 89.8 Å². The fourth-order valence-corrected chi connectivity index (χ4v) is 4.84. The standard InChI is InChI=1S/C22H32Cl2N10O3/c1-31-15-17(29-21(31)23)25-13-27-19(15)33-3-7-35-8-4-34(6-10-37-12-11-36-9-5-33)20-16-18(26-14-28-20)30-22(24)32(16)2/h25-26H,3-14H2,1-2H3. The van der Waals surface area contributed by atoms with E-state index >= 15 is 0 Å². The summed E-state index contributed by atoms with van der Waals surface area (Å²) in [6.07, 6.45) is 0. The van der Waals surface area contributed by atoms with Crippen LogP contribution in [0.5, 0.6) is 0 Å². The highest BCUT2D eigenvalue weighted by atomic mass is 35.5. The Labute approximate surface area is 225 Å². The molecule has 2 N–H and O–H groups in total. The van der Waals surface area contributed by atoms with Crippen molar-refractivity contribution < 1.29 is 14.2 Å². The monoisotopic (exact) mass is 554 g/mol. The molecule has 1 fully saturated rings. The molecule has 0 unspecified atom stereocenters. The molecule has 0 atom stereocenters. The van der Waals surface area contributed by atoms with Crippen LogP contribution in [0.3, 0.4) is 0 Å². The molecule has 0 saturated carbocycles. The highest BCUT2D eigenvalue weighted by molar-refractivity contribution is 6.29. The number of imidazole rings is 2. The summed E-state index contributed by atoms with van der Waals surface area (Å²) < 4.78 is 21.5. The van der Waals surface area contributed by atoms with Crippen molar-refractivity contribution in [3.05, 3.63) is 22.0 Å². The van der Waals surface area contributed by atoms with E-state index in [2.05, 4.69) is 30.4 Å². The van der Waals surface area contributed by atoms with E-state index in [-0.39, 0.29) is 0 Å². The van der Waals surface area contributed by atoms with Crippen LogP contribution in [0.25, 0.3) is 0 Å². The Bertz CT molecular complexity index is 1080. The zero-order valence-electron chi connectivity index (χ0n) is 21.0. The van der Waals surface area contributed by atoms with E-state index in [1.54, 1.807) is 0 Å². The molecule has 0 bridgehead atoms. The maximum Gasteiger partial charge on any atom is 0.205 e. The summed E-state index contributed by atoms with van der Waals surface area (Å²) in [5.74, 6) is 3.12. The maximum absolute atomic E-state index is 6.28. The van der Waals surface area contributed by atoms with E-state index in [1.807, 2.05) is 23.2 Å². The maximum atomic E-state index is 6.28. The number of amidine groups is 2. The van der Waals surface area contributed by atoms with Crippen molar-refractivity contribution in [2.45, 2.75) is 0 Å². The molecular weight excluding hydrogens is 523 g/mol. The second-order valence-electron chi connectivity index (χ2n) is 8.72. The van der Waals surface area contributed by atoms with Crippen molar-refractivity contribution in [1.29, 1.82) is 0 Å². The van der Waals surface area contributed by atoms with Crippen LogP contribution in [0.4, 0.5) is 11.6 Å². The lowest BCUT2D eigenvalue weighted by molar-refractivity contribution is 0.0408. The summed E-state index contributed by atoms with van der Waals surface area (Å²) in [7, 11) is 3.77. The van der Waals surface area contributed by atoms with Gasteiger partial charge in [0.2, 0.25) is 10.6 Å². The minimum atomic E-state index is 0.411. The first-order chi connectivity index (χ1) is 18.0. The number of halogens is 2. The molecule has 15 heteroatoms. The van der Waals surface area contributed by atoms with Crippen LogP contribution in [0, 0.1) is 0 Å². The average Bonchev–Trinajstić information content (AvgIpc) is 3.35. The number of ether oxygens (including phenoxy) is 3. The van der Waals surface area contributed by atoms with Crippen molar-refractivity contribution >= 4 is 46.5 Å². The number of hydrogen-bond acceptors (Lipinski definition) is 11. The predicted molar refractivity (Wildman–Crippen MR) is 142 cm³/mol. The van der Waals surface area contributed by atoms with Gasteiger partial charge in [-0.1, -0.05) is 0 Å². The van der Waals surface area contributed by atoms with E-state index in [1.165, 1.54) is 0 Å². The van der Waals surface area contributed by atoms with Crippen LogP contribution >= 0.6 is 23.2 Å². The molecule has 5 rings (SSSR count). The van der Waals surface area contributed by atoms with Crippen LogP contribution < -0.4 is 10.6 Å². The Hall–Kier alpha value is -2.58. The van der Waals surface area contributed by atoms with Crippen LogP contribution in [-0.2, 0) is 28.3 Å². The topological polar surface area (TPSA) is 119 Å². The van der Waals surface area contributed by atoms with Crippen molar-refractivity contribution in [1.82, 2.24) is 28.9 Å². The molecule has 0 aromatic carbocycles. The highest BCUT2D eigenvalue weighted by Crippen LogP contribution is 2.25. The number of nitrogens with zero attached hydrogens (tertiary/aromatic N) is 8. The van der Waals surface area contributed by atoms with Gasteiger partial charge in [-0.3, -0.25) is 0 Å². The zero-order valence-corrected chi connectivity index (χ0v) is 22.6. The smallest absolute Gasteiger partial charge is 0.205 e. The second-order valence-corrected chi connectivity index (χ2v) is 9.39. The summed E-state index contributed by atoms with van der Waals surface area (Å²) in [5.41, 5.74) is 1.72. The van der Waals surface area contributed by atoms with Gasteiger partial charge >= 0.3 is 0 Å². The molecule has 5 heterocycles. The van der Waals surface area contributed by atoms with Crippen LogP contribution in [0.1, 0.15) is 11.4 Å². The van der Waals surface area contributed by atoms with E-state index in [9.17, 15) is 0 Å². The molecule has 37 heavy (non-hydrogen) atoms. The average molecular weight is 555 g/mol. The number of anilines is 2. The second kappa shape index (κ2) is 11.9. The molecule has 1 saturated heterocycles. The van der Waals surface area contributed by atoms with Gasteiger partial charge in [0.25, 0.3) is 0 Å². The lowest BCUT2D eigenvalue weighted by atomic mass is 10.3. The van der Waals surface area contributed by atoms with Gasteiger partial charge in [0, 0.05) is 40.3 Å². The number of hydrogen-bond donors (Lipinski definition) is 2. The minimum Gasteiger partial charge on any atom is -0.378 e. The van der Waals surface area contributed by atoms with E-state index in [0.717, 1.165) is 34.7 Å². The molecule has 3 aliphatic heterocycles. The summed E-state index contributed by atoms with van der Waals surface area (Å²) in [5, 5.41) is 7.20. The zero-order chi connectivity index (χ0) is 25.8. The highest BCUT2D eigenvalue weighted by Gasteiger charge is 2.27. The Balaban J connectivity index is 1.28. The molecular formula is C22H32Cl2N10O3. The summed E-state index contributed by atoms with van der Waals surface area (Å²) in [6.45, 7) is 6.62. The molecule has 3 aliphatic rings. The van der Waals surface area contributed by atoms with Gasteiger partial charge in [-0.25, -0.2) is 9.98 Å². The summed E-state index contributed by atoms with van der Waals surface area (Å²) >= 11 is 12.6. The van der Waals surface area contributed by atoms with Gasteiger partial charge in [-0.2, -0.15) is 9.97 Å². The molecule has 0 radical (unpaired) electrons. The minimum absolute atomic E-state index is 0.411. The molecule has 0 spiro atoms. The fraction of sp³-hybridized carbons (Fsp3) is 0.636.